The van der Waals surface area contributed by atoms with Gasteiger partial charge >= 0.3 is 12.1 Å². The van der Waals surface area contributed by atoms with Crippen molar-refractivity contribution in [1.29, 1.82) is 0 Å². The standard InChI is InChI=1S/C16H21NO5/c1-15(2,3)22-14(21)17-9-11-7-12(18)6-5-10(11)8-16(17,4)13(19)20/h5-7,18H,8-9H2,1-4H3,(H,19,20)/t16-/m1/s1. The van der Waals surface area contributed by atoms with Crippen LogP contribution in [0.2, 0.25) is 0 Å². The highest BCUT2D eigenvalue weighted by Crippen LogP contribution is 2.34. The van der Waals surface area contributed by atoms with Gasteiger partial charge in [-0.3, -0.25) is 4.90 Å². The molecule has 22 heavy (non-hydrogen) atoms. The number of amides is 1. The van der Waals surface area contributed by atoms with Crippen LogP contribution in [0, 0.1) is 0 Å². The Morgan fingerprint density at radius 3 is 2.45 bits per heavy atom. The lowest BCUT2D eigenvalue weighted by Crippen LogP contribution is -2.59. The first-order valence-electron chi connectivity index (χ1n) is 7.08. The SMILES string of the molecule is CC(C)(C)OC(=O)N1Cc2cc(O)ccc2C[C@]1(C)C(=O)O. The van der Waals surface area contributed by atoms with Crippen molar-refractivity contribution in [3.05, 3.63) is 29.3 Å². The van der Waals surface area contributed by atoms with Crippen molar-refractivity contribution in [2.24, 2.45) is 0 Å². The molecule has 1 amide bonds. The van der Waals surface area contributed by atoms with E-state index in [1.165, 1.54) is 17.9 Å². The van der Waals surface area contributed by atoms with Crippen molar-refractivity contribution < 1.29 is 24.5 Å². The topological polar surface area (TPSA) is 87.1 Å². The number of aliphatic carboxylic acids is 1. The minimum atomic E-state index is -1.38. The van der Waals surface area contributed by atoms with Gasteiger partial charge in [0.25, 0.3) is 0 Å². The van der Waals surface area contributed by atoms with Crippen molar-refractivity contribution in [3.8, 4) is 5.75 Å². The maximum atomic E-state index is 12.4. The van der Waals surface area contributed by atoms with Crippen LogP contribution in [-0.4, -0.2) is 38.3 Å². The van der Waals surface area contributed by atoms with E-state index in [1.54, 1.807) is 32.9 Å². The second kappa shape index (κ2) is 5.19. The van der Waals surface area contributed by atoms with Gasteiger partial charge in [-0.2, -0.15) is 0 Å². The summed E-state index contributed by atoms with van der Waals surface area (Å²) in [7, 11) is 0. The zero-order chi connectivity index (χ0) is 16.7. The van der Waals surface area contributed by atoms with Gasteiger partial charge in [0.15, 0.2) is 0 Å². The van der Waals surface area contributed by atoms with Crippen molar-refractivity contribution in [1.82, 2.24) is 4.90 Å². The van der Waals surface area contributed by atoms with E-state index in [0.29, 0.717) is 0 Å². The molecule has 6 nitrogen and oxygen atoms in total. The number of phenols is 1. The van der Waals surface area contributed by atoms with Gasteiger partial charge in [0.05, 0.1) is 6.54 Å². The van der Waals surface area contributed by atoms with E-state index in [-0.39, 0.29) is 18.7 Å². The van der Waals surface area contributed by atoms with Gasteiger partial charge in [-0.15, -0.1) is 0 Å². The van der Waals surface area contributed by atoms with Crippen molar-refractivity contribution in [2.75, 3.05) is 0 Å². The number of carbonyl (C=O) groups is 2. The van der Waals surface area contributed by atoms with E-state index in [0.717, 1.165) is 11.1 Å². The van der Waals surface area contributed by atoms with Gasteiger partial charge in [-0.05, 0) is 51.0 Å². The van der Waals surface area contributed by atoms with Crippen LogP contribution in [0.25, 0.3) is 0 Å². The fourth-order valence-electron chi connectivity index (χ4n) is 2.52. The van der Waals surface area contributed by atoms with Gasteiger partial charge in [0.2, 0.25) is 0 Å². The Kier molecular flexibility index (Phi) is 3.81. The molecular weight excluding hydrogens is 286 g/mol. The third-order valence-electron chi connectivity index (χ3n) is 3.72. The number of aromatic hydroxyl groups is 1. The van der Waals surface area contributed by atoms with E-state index in [2.05, 4.69) is 0 Å². The maximum Gasteiger partial charge on any atom is 0.411 e. The lowest BCUT2D eigenvalue weighted by atomic mass is 9.84. The lowest BCUT2D eigenvalue weighted by molar-refractivity contribution is -0.151. The molecule has 1 aliphatic heterocycles. The number of ether oxygens (including phenoxy) is 1. The monoisotopic (exact) mass is 307 g/mol. The number of hydrogen-bond donors (Lipinski definition) is 2. The van der Waals surface area contributed by atoms with Crippen molar-refractivity contribution >= 4 is 12.1 Å². The van der Waals surface area contributed by atoms with Crippen LogP contribution < -0.4 is 0 Å². The van der Waals surface area contributed by atoms with E-state index in [1.807, 2.05) is 0 Å². The third kappa shape index (κ3) is 3.00. The Bertz CT molecular complexity index is 619. The highest BCUT2D eigenvalue weighted by Gasteiger charge is 2.47. The fraction of sp³-hybridized carbons (Fsp3) is 0.500. The summed E-state index contributed by atoms with van der Waals surface area (Å²) < 4.78 is 5.33. The molecule has 120 valence electrons. The van der Waals surface area contributed by atoms with Crippen LogP contribution in [0.1, 0.15) is 38.8 Å². The number of carboxylic acids is 1. The molecule has 0 fully saturated rings. The van der Waals surface area contributed by atoms with Gasteiger partial charge in [-0.25, -0.2) is 9.59 Å². The highest BCUT2D eigenvalue weighted by molar-refractivity contribution is 5.85. The Labute approximate surface area is 129 Å². The molecule has 1 aromatic carbocycles. The molecule has 0 aliphatic carbocycles. The Hall–Kier alpha value is -2.24. The molecule has 2 N–H and O–H groups in total. The number of fused-ring (bicyclic) bond motifs is 1. The van der Waals surface area contributed by atoms with E-state index in [9.17, 15) is 19.8 Å². The van der Waals surface area contributed by atoms with E-state index in [4.69, 9.17) is 4.74 Å². The van der Waals surface area contributed by atoms with Gasteiger partial charge in [-0.1, -0.05) is 6.07 Å². The average molecular weight is 307 g/mol. The normalized spacial score (nSPS) is 21.2. The highest BCUT2D eigenvalue weighted by atomic mass is 16.6. The second-order valence-corrected chi connectivity index (χ2v) is 6.78. The van der Waals surface area contributed by atoms with Crippen LogP contribution >= 0.6 is 0 Å². The number of phenolic OH excluding ortho intramolecular Hbond substituents is 1. The summed E-state index contributed by atoms with van der Waals surface area (Å²) >= 11 is 0. The summed E-state index contributed by atoms with van der Waals surface area (Å²) in [5.41, 5.74) is -0.561. The average Bonchev–Trinajstić information content (AvgIpc) is 2.36. The fourth-order valence-corrected chi connectivity index (χ4v) is 2.52. The number of carbonyl (C=O) groups excluding carboxylic acids is 1. The van der Waals surface area contributed by atoms with Crippen LogP contribution in [0.3, 0.4) is 0 Å². The molecule has 2 rings (SSSR count). The molecule has 0 radical (unpaired) electrons. The molecule has 6 heteroatoms. The minimum absolute atomic E-state index is 0.0848. The van der Waals surface area contributed by atoms with E-state index < -0.39 is 23.2 Å². The zero-order valence-electron chi connectivity index (χ0n) is 13.2. The van der Waals surface area contributed by atoms with E-state index >= 15 is 0 Å². The smallest absolute Gasteiger partial charge is 0.411 e. The lowest BCUT2D eigenvalue weighted by Gasteiger charge is -2.42. The predicted octanol–water partition coefficient (Wildman–Crippen LogP) is 2.53. The number of benzene rings is 1. The molecular formula is C16H21NO5. The Morgan fingerprint density at radius 2 is 1.91 bits per heavy atom. The Balaban J connectivity index is 2.41. The summed E-state index contributed by atoms with van der Waals surface area (Å²) in [5.74, 6) is -1.00. The second-order valence-electron chi connectivity index (χ2n) is 6.78. The molecule has 0 aromatic heterocycles. The summed E-state index contributed by atoms with van der Waals surface area (Å²) in [6.45, 7) is 6.78. The summed E-state index contributed by atoms with van der Waals surface area (Å²) in [6.07, 6.45) is -0.511. The van der Waals surface area contributed by atoms with Gasteiger partial charge < -0.3 is 14.9 Å². The quantitative estimate of drug-likeness (QED) is 0.832. The molecule has 1 atom stereocenters. The summed E-state index contributed by atoms with van der Waals surface area (Å²) in [6, 6.07) is 4.76. The molecule has 0 unspecified atom stereocenters. The largest absolute Gasteiger partial charge is 0.508 e. The first kappa shape index (κ1) is 16.1. The van der Waals surface area contributed by atoms with Crippen molar-refractivity contribution in [2.45, 2.75) is 51.8 Å². The molecule has 0 saturated heterocycles. The number of rotatable bonds is 1. The first-order chi connectivity index (χ1) is 10.0. The molecule has 0 bridgehead atoms. The van der Waals surface area contributed by atoms with Gasteiger partial charge in [0.1, 0.15) is 16.9 Å². The molecule has 0 spiro atoms. The zero-order valence-corrected chi connectivity index (χ0v) is 13.2. The Morgan fingerprint density at radius 1 is 1.27 bits per heavy atom. The summed E-state index contributed by atoms with van der Waals surface area (Å²) in [4.78, 5) is 25.4. The number of hydrogen-bond acceptors (Lipinski definition) is 4. The molecule has 1 heterocycles. The molecule has 1 aromatic rings. The summed E-state index contributed by atoms with van der Waals surface area (Å²) in [5, 5.41) is 19.2. The first-order valence-corrected chi connectivity index (χ1v) is 7.08. The number of nitrogens with zero attached hydrogens (tertiary/aromatic N) is 1. The minimum Gasteiger partial charge on any atom is -0.508 e. The molecule has 0 saturated carbocycles. The van der Waals surface area contributed by atoms with Gasteiger partial charge in [0, 0.05) is 6.42 Å². The maximum absolute atomic E-state index is 12.4. The van der Waals surface area contributed by atoms with Crippen molar-refractivity contribution in [3.63, 3.8) is 0 Å². The van der Waals surface area contributed by atoms with Crippen LogP contribution in [0.4, 0.5) is 4.79 Å². The van der Waals surface area contributed by atoms with Crippen LogP contribution in [0.15, 0.2) is 18.2 Å². The molecule has 1 aliphatic rings. The predicted molar refractivity (Wildman–Crippen MR) is 79.6 cm³/mol. The third-order valence-corrected chi connectivity index (χ3v) is 3.72. The van der Waals surface area contributed by atoms with Crippen LogP contribution in [0.5, 0.6) is 5.75 Å². The van der Waals surface area contributed by atoms with Crippen LogP contribution in [-0.2, 0) is 22.5 Å². The number of carboxylic acid groups (broad SMARTS) is 1.